The molecule has 284 valence electrons. The molecule has 1 N–H and O–H groups in total. The van der Waals surface area contributed by atoms with Crippen LogP contribution in [-0.2, 0) is 22.3 Å². The largest absolute Gasteiger partial charge is 0.497 e. The first-order valence-electron chi connectivity index (χ1n) is 16.6. The van der Waals surface area contributed by atoms with Crippen molar-refractivity contribution in [1.29, 1.82) is 0 Å². The van der Waals surface area contributed by atoms with Gasteiger partial charge < -0.3 is 29.5 Å². The van der Waals surface area contributed by atoms with E-state index in [0.717, 1.165) is 0 Å². The van der Waals surface area contributed by atoms with Crippen LogP contribution >= 0.6 is 11.6 Å². The number of benzene rings is 2. The summed E-state index contributed by atoms with van der Waals surface area (Å²) >= 11 is 6.00. The predicted octanol–water partition coefficient (Wildman–Crippen LogP) is 6.43. The molecule has 2 fully saturated rings. The third kappa shape index (κ3) is 10.6. The number of allylic oxidation sites excluding steroid dienone is 1. The van der Waals surface area contributed by atoms with Crippen molar-refractivity contribution in [2.45, 2.75) is 50.3 Å². The van der Waals surface area contributed by atoms with Gasteiger partial charge in [-0.3, -0.25) is 9.59 Å². The highest BCUT2D eigenvalue weighted by Gasteiger charge is 2.41. The molecule has 2 atom stereocenters. The fourth-order valence-electron chi connectivity index (χ4n) is 6.07. The average Bonchev–Trinajstić information content (AvgIpc) is 3.54. The molecule has 0 saturated carbocycles. The number of carbonyl (C=O) groups is 2. The minimum atomic E-state index is -5.00. The second kappa shape index (κ2) is 16.8. The van der Waals surface area contributed by atoms with Gasteiger partial charge in [-0.1, -0.05) is 30.3 Å². The van der Waals surface area contributed by atoms with Crippen molar-refractivity contribution in [3.63, 3.8) is 0 Å². The summed E-state index contributed by atoms with van der Waals surface area (Å²) in [7, 11) is 1.48. The Hall–Kier alpha value is -4.99. The van der Waals surface area contributed by atoms with E-state index in [4.69, 9.17) is 21.1 Å². The number of piperazine rings is 1. The van der Waals surface area contributed by atoms with Crippen LogP contribution in [0.4, 0.5) is 32.3 Å². The summed E-state index contributed by atoms with van der Waals surface area (Å²) in [5.41, 5.74) is -1.89. The molecule has 2 amide bonds. The third-order valence-corrected chi connectivity index (χ3v) is 9.16. The molecule has 0 bridgehead atoms. The monoisotopic (exact) mass is 766 g/mol. The summed E-state index contributed by atoms with van der Waals surface area (Å²) in [5, 5.41) is 2.82. The number of alkyl halides is 6. The Balaban J connectivity index is 1.24. The van der Waals surface area contributed by atoms with Crippen molar-refractivity contribution in [2.75, 3.05) is 44.7 Å². The van der Waals surface area contributed by atoms with Gasteiger partial charge in [0.1, 0.15) is 23.2 Å². The van der Waals surface area contributed by atoms with E-state index in [1.165, 1.54) is 7.11 Å². The number of carbonyl (C=O) groups excluding carboxylic acids is 2. The molecule has 3 aromatic rings. The fourth-order valence-corrected chi connectivity index (χ4v) is 6.20. The lowest BCUT2D eigenvalue weighted by Gasteiger charge is -2.35. The van der Waals surface area contributed by atoms with E-state index >= 15 is 0 Å². The molecule has 2 aliphatic heterocycles. The molecule has 2 aromatic carbocycles. The number of aromatic nitrogens is 2. The van der Waals surface area contributed by atoms with Crippen molar-refractivity contribution in [1.82, 2.24) is 25.1 Å². The number of likely N-dealkylation sites (tertiary alicyclic amines) is 1. The molecule has 2 aliphatic rings. The normalized spacial score (nSPS) is 18.2. The van der Waals surface area contributed by atoms with Crippen LogP contribution in [0.2, 0.25) is 5.02 Å². The molecule has 17 heteroatoms. The summed E-state index contributed by atoms with van der Waals surface area (Å²) in [4.78, 5) is 38.8. The van der Waals surface area contributed by atoms with E-state index < -0.39 is 41.5 Å². The first kappa shape index (κ1) is 39.2. The van der Waals surface area contributed by atoms with Crippen molar-refractivity contribution in [3.8, 4) is 11.5 Å². The second-order valence-corrected chi connectivity index (χ2v) is 12.9. The van der Waals surface area contributed by atoms with Crippen LogP contribution < -0.4 is 19.7 Å². The van der Waals surface area contributed by atoms with E-state index in [9.17, 15) is 35.9 Å². The molecule has 10 nitrogen and oxygen atoms in total. The van der Waals surface area contributed by atoms with E-state index in [0.29, 0.717) is 60.1 Å². The van der Waals surface area contributed by atoms with Crippen LogP contribution in [-0.4, -0.2) is 89.7 Å². The van der Waals surface area contributed by atoms with Crippen LogP contribution in [0.1, 0.15) is 30.4 Å². The molecule has 0 aliphatic carbocycles. The summed E-state index contributed by atoms with van der Waals surface area (Å²) in [5.74, 6) is -0.342. The number of nitrogens with one attached hydrogen (secondary N) is 1. The lowest BCUT2D eigenvalue weighted by Crippen LogP contribution is -2.49. The maximum absolute atomic E-state index is 14.2. The zero-order chi connectivity index (χ0) is 38.3. The number of hydrogen-bond donors (Lipinski definition) is 1. The second-order valence-electron chi connectivity index (χ2n) is 12.5. The Morgan fingerprint density at radius 3 is 2.17 bits per heavy atom. The lowest BCUT2D eigenvalue weighted by atomic mass is 10.1. The standard InChI is InChI=1S/C36H37ClF6N6O4/c1-23(17-31(36(41,42)43)33(51)44-19-24-3-8-28(52-2)9-4-24)49-22-30(53-29-10-5-26(37)6-11-29)18-27(49)7-12-32(50)47-13-15-48(16-14-47)34-45-20-25(21-46-34)35(38,39)40/h3-6,8-11,17,20-21,27,30H,1,7,12-16,18-19,22H2,2H3,(H,44,51)/b31-17+/t27-,30+/m1/s1. The molecule has 0 unspecified atom stereocenters. The van der Waals surface area contributed by atoms with Crippen molar-refractivity contribution in [3.05, 3.63) is 101 Å². The minimum Gasteiger partial charge on any atom is -0.497 e. The number of amides is 2. The lowest BCUT2D eigenvalue weighted by molar-refractivity contribution is -0.138. The van der Waals surface area contributed by atoms with E-state index in [1.54, 1.807) is 63.2 Å². The van der Waals surface area contributed by atoms with Crippen molar-refractivity contribution >= 4 is 29.4 Å². The highest BCUT2D eigenvalue weighted by molar-refractivity contribution is 6.30. The van der Waals surface area contributed by atoms with E-state index in [-0.39, 0.29) is 56.6 Å². The van der Waals surface area contributed by atoms with Gasteiger partial charge >= 0.3 is 12.4 Å². The summed E-state index contributed by atoms with van der Waals surface area (Å²) < 4.78 is 92.7. The molecule has 3 heterocycles. The van der Waals surface area contributed by atoms with Gasteiger partial charge in [0.25, 0.3) is 5.91 Å². The average molecular weight is 767 g/mol. The number of methoxy groups -OCH3 is 1. The maximum Gasteiger partial charge on any atom is 0.421 e. The van der Waals surface area contributed by atoms with Gasteiger partial charge in [-0.25, -0.2) is 9.97 Å². The van der Waals surface area contributed by atoms with Gasteiger partial charge in [0.15, 0.2) is 0 Å². The Labute approximate surface area is 307 Å². The number of rotatable bonds is 12. The van der Waals surface area contributed by atoms with Gasteiger partial charge in [0.2, 0.25) is 11.9 Å². The van der Waals surface area contributed by atoms with Crippen molar-refractivity contribution < 1.29 is 45.4 Å². The molecule has 53 heavy (non-hydrogen) atoms. The van der Waals surface area contributed by atoms with Crippen LogP contribution in [0.15, 0.2) is 84.8 Å². The van der Waals surface area contributed by atoms with Gasteiger partial charge in [0.05, 0.1) is 19.2 Å². The van der Waals surface area contributed by atoms with Crippen LogP contribution in [0.5, 0.6) is 11.5 Å². The maximum atomic E-state index is 14.2. The quantitative estimate of drug-likeness (QED) is 0.128. The fraction of sp³-hybridized carbons (Fsp3) is 0.389. The third-order valence-electron chi connectivity index (χ3n) is 8.91. The van der Waals surface area contributed by atoms with Crippen molar-refractivity contribution in [2.24, 2.45) is 0 Å². The Morgan fingerprint density at radius 2 is 1.58 bits per heavy atom. The SMILES string of the molecule is C=C(/C=C(\C(=O)NCc1ccc(OC)cc1)C(F)(F)F)N1C[C@@H](Oc2ccc(Cl)cc2)C[C@H]1CCC(=O)N1CCN(c2ncc(C(F)(F)F)cn2)CC1. The Morgan fingerprint density at radius 1 is 0.962 bits per heavy atom. The van der Waals surface area contributed by atoms with Crippen LogP contribution in [0, 0.1) is 0 Å². The predicted molar refractivity (Wildman–Crippen MR) is 184 cm³/mol. The highest BCUT2D eigenvalue weighted by Crippen LogP contribution is 2.33. The zero-order valence-electron chi connectivity index (χ0n) is 28.6. The van der Waals surface area contributed by atoms with Gasteiger partial charge in [-0.15, -0.1) is 0 Å². The van der Waals surface area contributed by atoms with Crippen LogP contribution in [0.3, 0.4) is 0 Å². The van der Waals surface area contributed by atoms with Crippen LogP contribution in [0.25, 0.3) is 0 Å². The first-order valence-corrected chi connectivity index (χ1v) is 17.0. The zero-order valence-corrected chi connectivity index (χ0v) is 29.3. The highest BCUT2D eigenvalue weighted by atomic mass is 35.5. The summed E-state index contributed by atoms with van der Waals surface area (Å²) in [6.45, 7) is 5.02. The smallest absolute Gasteiger partial charge is 0.421 e. The molecule has 1 aromatic heterocycles. The Bertz CT molecular complexity index is 1760. The minimum absolute atomic E-state index is 0.0527. The Kier molecular flexibility index (Phi) is 12.4. The summed E-state index contributed by atoms with van der Waals surface area (Å²) in [6, 6.07) is 12.7. The van der Waals surface area contributed by atoms with Gasteiger partial charge in [0, 0.05) is 74.7 Å². The molecule has 0 radical (unpaired) electrons. The topological polar surface area (TPSA) is 100 Å². The molecule has 0 spiro atoms. The molecule has 2 saturated heterocycles. The molecular formula is C36H37ClF6N6O4. The molecular weight excluding hydrogens is 730 g/mol. The number of hydrogen-bond acceptors (Lipinski definition) is 8. The van der Waals surface area contributed by atoms with Gasteiger partial charge in [-0.05, 0) is 54.5 Å². The number of anilines is 1. The van der Waals surface area contributed by atoms with E-state index in [1.807, 2.05) is 0 Å². The number of nitrogens with zero attached hydrogens (tertiary/aromatic N) is 5. The summed E-state index contributed by atoms with van der Waals surface area (Å²) in [6.07, 6.45) is -7.23. The molecule has 5 rings (SSSR count). The number of halogens is 7. The first-order chi connectivity index (χ1) is 25.1. The van der Waals surface area contributed by atoms with Gasteiger partial charge in [-0.2, -0.15) is 26.3 Å². The van der Waals surface area contributed by atoms with E-state index in [2.05, 4.69) is 21.9 Å². The number of ether oxygens (including phenoxy) is 2.